The molecule has 0 atom stereocenters. The third-order valence-electron chi connectivity index (χ3n) is 16.4. The number of fused-ring (bicyclic) bond motifs is 28. The molecular formula is C75H64N16. The summed E-state index contributed by atoms with van der Waals surface area (Å²) in [5.41, 5.74) is 10.9. The normalized spacial score (nSPS) is 14.4. The van der Waals surface area contributed by atoms with Crippen molar-refractivity contribution < 1.29 is 0 Å². The van der Waals surface area contributed by atoms with Crippen molar-refractivity contribution >= 4 is 113 Å². The van der Waals surface area contributed by atoms with Crippen LogP contribution in [0.4, 0.5) is 23.3 Å². The van der Waals surface area contributed by atoms with Gasteiger partial charge in [0, 0.05) is 87.6 Å². The van der Waals surface area contributed by atoms with Gasteiger partial charge in [0.15, 0.2) is 46.7 Å². The van der Waals surface area contributed by atoms with Gasteiger partial charge in [0.05, 0.1) is 0 Å². The van der Waals surface area contributed by atoms with Gasteiger partial charge in [-0.2, -0.15) is 0 Å². The van der Waals surface area contributed by atoms with Crippen LogP contribution in [0.25, 0.3) is 43.1 Å². The fourth-order valence-electron chi connectivity index (χ4n) is 12.7. The van der Waals surface area contributed by atoms with Gasteiger partial charge >= 0.3 is 0 Å². The Kier molecular flexibility index (Phi) is 14.6. The number of amidine groups is 8. The summed E-state index contributed by atoms with van der Waals surface area (Å²) in [4.78, 5) is 61.7. The molecule has 8 aliphatic heterocycles. The van der Waals surface area contributed by atoms with Crippen LogP contribution >= 0.6 is 0 Å². The van der Waals surface area contributed by atoms with Crippen molar-refractivity contribution in [3.63, 3.8) is 0 Å². The highest BCUT2D eigenvalue weighted by Crippen LogP contribution is 2.43. The average Bonchev–Trinajstić information content (AvgIpc) is 2.23. The van der Waals surface area contributed by atoms with Crippen molar-refractivity contribution in [1.29, 1.82) is 0 Å². The molecule has 12 heterocycles. The summed E-state index contributed by atoms with van der Waals surface area (Å²) in [5, 5.41) is 8.03. The Morgan fingerprint density at radius 3 is 0.560 bits per heavy atom. The van der Waals surface area contributed by atoms with E-state index in [1.54, 1.807) is 0 Å². The molecule has 4 aromatic heterocycles. The lowest BCUT2D eigenvalue weighted by molar-refractivity contribution is 0.584. The second kappa shape index (κ2) is 23.2. The molecule has 0 saturated heterocycles. The minimum atomic E-state index is 0. The van der Waals surface area contributed by atoms with E-state index < -0.39 is 0 Å². The molecule has 16 nitrogen and oxygen atoms in total. The van der Waals surface area contributed by atoms with Gasteiger partial charge in [-0.3, -0.25) is 18.3 Å². The smallest absolute Gasteiger partial charge is 0.164 e. The molecule has 16 heteroatoms. The van der Waals surface area contributed by atoms with Gasteiger partial charge in [-0.15, -0.1) is 0 Å². The van der Waals surface area contributed by atoms with Crippen LogP contribution in [-0.4, -0.2) is 65.0 Å². The first kappa shape index (κ1) is 57.2. The molecule has 12 bridgehead atoms. The van der Waals surface area contributed by atoms with Gasteiger partial charge in [-0.1, -0.05) is 257 Å². The maximum atomic E-state index is 5.22. The summed E-state index contributed by atoms with van der Waals surface area (Å²) in [5.74, 6) is 8.37. The highest BCUT2D eigenvalue weighted by atomic mass is 15.3. The van der Waals surface area contributed by atoms with Gasteiger partial charge in [0.1, 0.15) is 58.6 Å². The van der Waals surface area contributed by atoms with Crippen molar-refractivity contribution in [2.45, 2.75) is 76.2 Å². The monoisotopic (exact) mass is 1190 g/mol. The van der Waals surface area contributed by atoms with Crippen molar-refractivity contribution in [3.8, 4) is 0 Å². The van der Waals surface area contributed by atoms with Crippen molar-refractivity contribution in [1.82, 2.24) is 18.3 Å². The molecule has 8 aliphatic rings. The SMILES string of the molecule is C.CC.CC.CC.CC.c1ccc2c(c1)C1=NC2=Nc2c3ccccc3c3n2Cn2c(c4ccccc4c2=NC2=NC(=N3)c3ccccc32)=N1.c1ccc2c(c1)C1=NC2=Nc2c3ccccc3c3n2Cn2c(c4ccccc4c2=NC2=NC(=N3)c3ccccc32)=N1. The molecule has 444 valence electrons. The molecule has 0 aliphatic carbocycles. The maximum Gasteiger partial charge on any atom is 0.164 e. The van der Waals surface area contributed by atoms with E-state index in [0.717, 1.165) is 133 Å². The lowest BCUT2D eigenvalue weighted by Crippen LogP contribution is -2.32. The lowest BCUT2D eigenvalue weighted by Gasteiger charge is -2.12. The summed E-state index contributed by atoms with van der Waals surface area (Å²) in [6, 6.07) is 65.8. The first-order valence-electron chi connectivity index (χ1n) is 31.0. The topological polar surface area (TPSA) is 168 Å². The number of hydrogen-bond acceptors (Lipinski definition) is 12. The molecule has 8 aromatic carbocycles. The van der Waals surface area contributed by atoms with E-state index in [0.29, 0.717) is 60.0 Å². The van der Waals surface area contributed by atoms with E-state index in [9.17, 15) is 0 Å². The Morgan fingerprint density at radius 2 is 0.363 bits per heavy atom. The van der Waals surface area contributed by atoms with Crippen molar-refractivity contribution in [3.05, 3.63) is 261 Å². The Balaban J connectivity index is 0.000000142. The maximum absolute atomic E-state index is 5.22. The predicted octanol–water partition coefficient (Wildman–Crippen LogP) is 14.8. The van der Waals surface area contributed by atoms with Crippen molar-refractivity contribution in [2.75, 3.05) is 0 Å². The van der Waals surface area contributed by atoms with E-state index in [2.05, 4.69) is 115 Å². The highest BCUT2D eigenvalue weighted by Gasteiger charge is 2.32. The second-order valence-corrected chi connectivity index (χ2v) is 20.9. The minimum Gasteiger partial charge on any atom is -0.291 e. The highest BCUT2D eigenvalue weighted by molar-refractivity contribution is 6.27. The number of aliphatic imine (C=N–C) groups is 8. The van der Waals surface area contributed by atoms with Gasteiger partial charge in [-0.05, 0) is 0 Å². The molecule has 91 heavy (non-hydrogen) atoms. The summed E-state index contributed by atoms with van der Waals surface area (Å²) < 4.78 is 8.63. The van der Waals surface area contributed by atoms with Crippen LogP contribution in [0, 0.1) is 0 Å². The Bertz CT molecular complexity index is 4910. The van der Waals surface area contributed by atoms with Gasteiger partial charge < -0.3 is 0 Å². The second-order valence-electron chi connectivity index (χ2n) is 20.9. The van der Waals surface area contributed by atoms with Crippen LogP contribution in [0.15, 0.2) is 254 Å². The number of aromatic nitrogens is 4. The molecule has 12 aromatic rings. The Labute approximate surface area is 525 Å². The third-order valence-corrected chi connectivity index (χ3v) is 16.4. The van der Waals surface area contributed by atoms with Crippen LogP contribution in [0.5, 0.6) is 0 Å². The minimum absolute atomic E-state index is 0. The number of hydrogen-bond donors (Lipinski definition) is 0. The predicted molar refractivity (Wildman–Crippen MR) is 372 cm³/mol. The van der Waals surface area contributed by atoms with E-state index in [4.69, 9.17) is 59.9 Å². The fraction of sp³-hybridized carbons (Fsp3) is 0.147. The van der Waals surface area contributed by atoms with Crippen molar-refractivity contribution in [2.24, 2.45) is 59.9 Å². The summed E-state index contributed by atoms with van der Waals surface area (Å²) >= 11 is 0. The summed E-state index contributed by atoms with van der Waals surface area (Å²) in [7, 11) is 0. The first-order valence-corrected chi connectivity index (χ1v) is 31.0. The van der Waals surface area contributed by atoms with E-state index in [1.807, 2.05) is 152 Å². The quantitative estimate of drug-likeness (QED) is 0.141. The molecule has 0 amide bonds. The first-order chi connectivity index (χ1) is 44.6. The van der Waals surface area contributed by atoms with Gasteiger partial charge in [0.25, 0.3) is 0 Å². The standard InChI is InChI=1S/2C33H18N8.4C2H6.CH4/c2*1-2-10-19-18(9-1)26-34-27(19)37-31-24-15-7-8-16-25(24)33-39-29-21-12-4-3-11-20(21)28(35-29)38-32-23-14-6-5-13-22(23)30(36-26)40(32)17-41(31)33;4*1-2;/h2*1-16H,17H2;4*1-2H3;1H4. The zero-order valence-corrected chi connectivity index (χ0v) is 51.0. The lowest BCUT2D eigenvalue weighted by atomic mass is 10.1. The van der Waals surface area contributed by atoms with E-state index >= 15 is 0 Å². The van der Waals surface area contributed by atoms with Crippen LogP contribution in [0.3, 0.4) is 0 Å². The van der Waals surface area contributed by atoms with Gasteiger partial charge in [0.2, 0.25) is 0 Å². The molecule has 0 N–H and O–H groups in total. The Morgan fingerprint density at radius 1 is 0.198 bits per heavy atom. The molecule has 0 spiro atoms. The molecule has 20 rings (SSSR count). The third kappa shape index (κ3) is 8.79. The number of benzene rings is 8. The summed E-state index contributed by atoms with van der Waals surface area (Å²) in [6.45, 7) is 16.8. The number of nitrogens with zero attached hydrogens (tertiary/aromatic N) is 16. The van der Waals surface area contributed by atoms with E-state index in [1.165, 1.54) is 0 Å². The molecular weight excluding hydrogens is 1120 g/mol. The van der Waals surface area contributed by atoms with Crippen LogP contribution < -0.4 is 22.0 Å². The zero-order chi connectivity index (χ0) is 61.3. The van der Waals surface area contributed by atoms with Gasteiger partial charge in [-0.25, -0.2) is 59.9 Å². The van der Waals surface area contributed by atoms with Crippen LogP contribution in [0.1, 0.15) is 107 Å². The largest absolute Gasteiger partial charge is 0.291 e. The van der Waals surface area contributed by atoms with Crippen LogP contribution in [-0.2, 0) is 13.3 Å². The molecule has 0 saturated carbocycles. The molecule has 0 unspecified atom stereocenters. The summed E-state index contributed by atoms with van der Waals surface area (Å²) in [6.07, 6.45) is 0. The van der Waals surface area contributed by atoms with Crippen LogP contribution in [0.2, 0.25) is 0 Å². The number of rotatable bonds is 0. The zero-order valence-electron chi connectivity index (χ0n) is 51.0. The average molecular weight is 1190 g/mol. The molecule has 0 fully saturated rings. The van der Waals surface area contributed by atoms with E-state index in [-0.39, 0.29) is 7.43 Å². The fourth-order valence-corrected chi connectivity index (χ4v) is 12.7. The molecule has 0 radical (unpaired) electrons. The Hall–Kier alpha value is -11.5.